The fraction of sp³-hybridized carbons (Fsp3) is 0.231. The molecule has 0 radical (unpaired) electrons. The second kappa shape index (κ2) is 9.47. The summed E-state index contributed by atoms with van der Waals surface area (Å²) in [5.74, 6) is -0.707. The second-order valence-electron chi connectivity index (χ2n) is 9.20. The first-order valence-corrected chi connectivity index (χ1v) is 14.1. The topological polar surface area (TPSA) is 69.8 Å². The lowest BCUT2D eigenvalue weighted by molar-refractivity contribution is -0.141. The van der Waals surface area contributed by atoms with Gasteiger partial charge < -0.3 is 4.57 Å². The molecule has 2 aromatic carbocycles. The average Bonchev–Trinajstić information content (AvgIpc) is 3.54. The number of fused-ring (bicyclic) bond motifs is 1. The lowest BCUT2D eigenvalue weighted by Gasteiger charge is -2.14. The standard InChI is InChI=1S/C26H20F6N4O2S2/c1-14-24(26(30,31)32)34-23(39-14)13-40(37,38)16-5-7-18-20(12-35(2)22(18)11-16)17-6-4-15(25(27,28)29)10-19(17)21-8-9-33-36(21)3/h4-12H,13H2,1-3H3. The number of halogens is 6. The highest BCUT2D eigenvalue weighted by Crippen LogP contribution is 2.41. The van der Waals surface area contributed by atoms with Gasteiger partial charge in [0.25, 0.3) is 0 Å². The van der Waals surface area contributed by atoms with Crippen molar-refractivity contribution in [3.05, 3.63) is 76.0 Å². The molecule has 0 spiro atoms. The zero-order chi connectivity index (χ0) is 29.2. The summed E-state index contributed by atoms with van der Waals surface area (Å²) < 4.78 is 109. The molecule has 0 saturated heterocycles. The fourth-order valence-electron chi connectivity index (χ4n) is 4.60. The molecule has 0 unspecified atom stereocenters. The molecule has 5 rings (SSSR count). The monoisotopic (exact) mass is 598 g/mol. The molecule has 0 N–H and O–H groups in total. The lowest BCUT2D eigenvalue weighted by Crippen LogP contribution is -2.09. The Kier molecular flexibility index (Phi) is 6.61. The van der Waals surface area contributed by atoms with Crippen LogP contribution in [0.4, 0.5) is 26.3 Å². The molecular formula is C26H20F6N4O2S2. The SMILES string of the molecule is Cc1sc(CS(=O)(=O)c2ccc3c(-c4ccc(C(F)(F)F)cc4-c4ccnn4C)cn(C)c3c2)nc1C(F)(F)F. The molecule has 5 aromatic rings. The van der Waals surface area contributed by atoms with Gasteiger partial charge in [-0.15, -0.1) is 11.3 Å². The Morgan fingerprint density at radius 2 is 1.62 bits per heavy atom. The minimum Gasteiger partial charge on any atom is -0.350 e. The van der Waals surface area contributed by atoms with Crippen molar-refractivity contribution in [3.8, 4) is 22.4 Å². The van der Waals surface area contributed by atoms with Gasteiger partial charge >= 0.3 is 12.4 Å². The number of aryl methyl sites for hydroxylation is 3. The Hall–Kier alpha value is -3.65. The highest BCUT2D eigenvalue weighted by atomic mass is 32.2. The third-order valence-corrected chi connectivity index (χ3v) is 9.26. The van der Waals surface area contributed by atoms with Gasteiger partial charge in [0.05, 0.1) is 16.2 Å². The van der Waals surface area contributed by atoms with E-state index in [1.54, 1.807) is 30.9 Å². The largest absolute Gasteiger partial charge is 0.434 e. The van der Waals surface area contributed by atoms with Gasteiger partial charge in [-0.3, -0.25) is 4.68 Å². The first-order valence-electron chi connectivity index (χ1n) is 11.6. The van der Waals surface area contributed by atoms with Crippen LogP contribution in [-0.4, -0.2) is 27.7 Å². The number of aromatic nitrogens is 4. The van der Waals surface area contributed by atoms with E-state index < -0.39 is 39.2 Å². The van der Waals surface area contributed by atoms with Gasteiger partial charge in [0, 0.05) is 53.4 Å². The summed E-state index contributed by atoms with van der Waals surface area (Å²) in [6.07, 6.45) is -6.09. The molecule has 14 heteroatoms. The molecule has 0 fully saturated rings. The van der Waals surface area contributed by atoms with Crippen LogP contribution in [0.25, 0.3) is 33.3 Å². The van der Waals surface area contributed by atoms with Crippen molar-refractivity contribution in [2.75, 3.05) is 0 Å². The molecular weight excluding hydrogens is 578 g/mol. The zero-order valence-electron chi connectivity index (χ0n) is 21.1. The minimum absolute atomic E-state index is 0.117. The van der Waals surface area contributed by atoms with Crippen molar-refractivity contribution in [2.45, 2.75) is 29.9 Å². The van der Waals surface area contributed by atoms with Crippen LogP contribution in [-0.2, 0) is 42.0 Å². The Bertz CT molecular complexity index is 1860. The number of sulfone groups is 1. The summed E-state index contributed by atoms with van der Waals surface area (Å²) in [7, 11) is -0.792. The highest BCUT2D eigenvalue weighted by Gasteiger charge is 2.37. The summed E-state index contributed by atoms with van der Waals surface area (Å²) >= 11 is 0.672. The van der Waals surface area contributed by atoms with E-state index in [-0.39, 0.29) is 14.8 Å². The van der Waals surface area contributed by atoms with Crippen molar-refractivity contribution >= 4 is 32.1 Å². The Morgan fingerprint density at radius 3 is 2.23 bits per heavy atom. The van der Waals surface area contributed by atoms with Gasteiger partial charge in [0.15, 0.2) is 15.5 Å². The van der Waals surface area contributed by atoms with E-state index >= 15 is 0 Å². The number of rotatable bonds is 5. The highest BCUT2D eigenvalue weighted by molar-refractivity contribution is 7.90. The number of benzene rings is 2. The molecule has 40 heavy (non-hydrogen) atoms. The van der Waals surface area contributed by atoms with E-state index in [1.807, 2.05) is 0 Å². The molecule has 0 amide bonds. The molecule has 0 saturated carbocycles. The van der Waals surface area contributed by atoms with Crippen LogP contribution in [0.3, 0.4) is 0 Å². The number of hydrogen-bond donors (Lipinski definition) is 0. The van der Waals surface area contributed by atoms with E-state index in [0.29, 0.717) is 44.6 Å². The Morgan fingerprint density at radius 1 is 0.900 bits per heavy atom. The van der Waals surface area contributed by atoms with Crippen LogP contribution >= 0.6 is 11.3 Å². The Balaban J connectivity index is 1.59. The third-order valence-electron chi connectivity index (χ3n) is 6.48. The zero-order valence-corrected chi connectivity index (χ0v) is 22.7. The van der Waals surface area contributed by atoms with Gasteiger partial charge in [0.1, 0.15) is 10.8 Å². The van der Waals surface area contributed by atoms with Crippen LogP contribution in [0.2, 0.25) is 0 Å². The van der Waals surface area contributed by atoms with Gasteiger partial charge in [-0.25, -0.2) is 13.4 Å². The van der Waals surface area contributed by atoms with Crippen LogP contribution in [0, 0.1) is 6.92 Å². The lowest BCUT2D eigenvalue weighted by atomic mass is 9.95. The van der Waals surface area contributed by atoms with Crippen LogP contribution in [0.15, 0.2) is 59.8 Å². The van der Waals surface area contributed by atoms with Gasteiger partial charge in [-0.2, -0.15) is 31.4 Å². The maximum absolute atomic E-state index is 13.6. The minimum atomic E-state index is -4.69. The van der Waals surface area contributed by atoms with Crippen LogP contribution in [0.1, 0.15) is 21.1 Å². The average molecular weight is 599 g/mol. The van der Waals surface area contributed by atoms with Crippen molar-refractivity contribution in [3.63, 3.8) is 0 Å². The maximum atomic E-state index is 13.6. The predicted octanol–water partition coefficient (Wildman–Crippen LogP) is 7.02. The molecule has 3 aromatic heterocycles. The molecule has 0 atom stereocenters. The van der Waals surface area contributed by atoms with E-state index in [2.05, 4.69) is 10.1 Å². The van der Waals surface area contributed by atoms with Crippen LogP contribution in [0.5, 0.6) is 0 Å². The first-order chi connectivity index (χ1) is 18.6. The van der Waals surface area contributed by atoms with E-state index in [0.717, 1.165) is 12.1 Å². The molecule has 0 bridgehead atoms. The molecule has 0 aliphatic carbocycles. The van der Waals surface area contributed by atoms with E-state index in [1.165, 1.54) is 42.1 Å². The molecule has 6 nitrogen and oxygen atoms in total. The maximum Gasteiger partial charge on any atom is 0.434 e. The number of hydrogen-bond acceptors (Lipinski definition) is 5. The van der Waals surface area contributed by atoms with E-state index in [9.17, 15) is 34.8 Å². The van der Waals surface area contributed by atoms with Crippen LogP contribution < -0.4 is 0 Å². The summed E-state index contributed by atoms with van der Waals surface area (Å²) in [4.78, 5) is 3.26. The van der Waals surface area contributed by atoms with E-state index in [4.69, 9.17) is 0 Å². The number of nitrogens with zero attached hydrogens (tertiary/aromatic N) is 4. The molecule has 210 valence electrons. The molecule has 3 heterocycles. The summed E-state index contributed by atoms with van der Waals surface area (Å²) in [5, 5.41) is 4.48. The second-order valence-corrected chi connectivity index (χ2v) is 12.5. The van der Waals surface area contributed by atoms with Crippen molar-refractivity contribution < 1.29 is 34.8 Å². The van der Waals surface area contributed by atoms with Crippen molar-refractivity contribution in [1.29, 1.82) is 0 Å². The smallest absolute Gasteiger partial charge is 0.350 e. The molecule has 0 aliphatic heterocycles. The predicted molar refractivity (Wildman–Crippen MR) is 138 cm³/mol. The Labute approximate surface area is 228 Å². The summed E-state index contributed by atoms with van der Waals surface area (Å²) in [6.45, 7) is 1.23. The summed E-state index contributed by atoms with van der Waals surface area (Å²) in [5.41, 5.74) is 0.330. The fourth-order valence-corrected chi connectivity index (χ4v) is 7.17. The number of thiazole rings is 1. The normalized spacial score (nSPS) is 12.9. The third kappa shape index (κ3) is 5.01. The van der Waals surface area contributed by atoms with Gasteiger partial charge in [-0.05, 0) is 42.8 Å². The first kappa shape index (κ1) is 27.9. The summed E-state index contributed by atoms with van der Waals surface area (Å²) in [6, 6.07) is 9.27. The number of alkyl halides is 6. The van der Waals surface area contributed by atoms with Crippen molar-refractivity contribution in [1.82, 2.24) is 19.3 Å². The van der Waals surface area contributed by atoms with Gasteiger partial charge in [-0.1, -0.05) is 12.1 Å². The van der Waals surface area contributed by atoms with Crippen molar-refractivity contribution in [2.24, 2.45) is 14.1 Å². The van der Waals surface area contributed by atoms with Gasteiger partial charge in [0.2, 0.25) is 0 Å². The quantitative estimate of drug-likeness (QED) is 0.204. The molecule has 0 aliphatic rings.